The average molecular weight is 583 g/mol. The second kappa shape index (κ2) is 10.5. The van der Waals surface area contributed by atoms with Gasteiger partial charge in [0.25, 0.3) is 0 Å². The number of carbonyl (C=O) groups is 1. The van der Waals surface area contributed by atoms with Gasteiger partial charge in [-0.1, -0.05) is 20.4 Å². The molecule has 1 amide bonds. The van der Waals surface area contributed by atoms with E-state index in [1.807, 2.05) is 39.8 Å². The number of halogens is 2. The van der Waals surface area contributed by atoms with Gasteiger partial charge in [-0.15, -0.1) is 0 Å². The lowest BCUT2D eigenvalue weighted by atomic mass is 10.0. The number of hydrogen-bond donors (Lipinski definition) is 1. The van der Waals surface area contributed by atoms with Crippen LogP contribution in [0.3, 0.4) is 0 Å². The van der Waals surface area contributed by atoms with E-state index in [-0.39, 0.29) is 12.0 Å². The second-order valence-corrected chi connectivity index (χ2v) is 11.9. The fourth-order valence-electron chi connectivity index (χ4n) is 4.99. The molecule has 2 aromatic heterocycles. The van der Waals surface area contributed by atoms with Crippen molar-refractivity contribution in [1.29, 1.82) is 0 Å². The fourth-order valence-corrected chi connectivity index (χ4v) is 5.28. The number of hydrogen-bond acceptors (Lipinski definition) is 4. The minimum Gasteiger partial charge on any atom is -0.381 e. The molecule has 1 unspecified atom stereocenters. The predicted octanol–water partition coefficient (Wildman–Crippen LogP) is 4.93. The van der Waals surface area contributed by atoms with Crippen LogP contribution in [-0.2, 0) is 13.2 Å². The molecule has 4 heterocycles. The van der Waals surface area contributed by atoms with Crippen LogP contribution >= 0.6 is 22.6 Å². The second-order valence-electron chi connectivity index (χ2n) is 9.90. The highest BCUT2D eigenvalue weighted by atomic mass is 127. The van der Waals surface area contributed by atoms with E-state index in [1.165, 1.54) is 11.8 Å². The Labute approximate surface area is 215 Å². The monoisotopic (exact) mass is 582 g/mol. The summed E-state index contributed by atoms with van der Waals surface area (Å²) in [5.41, 5.74) is 3.95. The topological polar surface area (TPSA) is 49.2 Å². The molecule has 2 atom stereocenters. The summed E-state index contributed by atoms with van der Waals surface area (Å²) in [4.78, 5) is 16.2. The Balaban J connectivity index is 1.41. The van der Waals surface area contributed by atoms with Crippen LogP contribution in [0, 0.1) is 0 Å². The van der Waals surface area contributed by atoms with Crippen LogP contribution in [0.5, 0.6) is 0 Å². The molecule has 0 saturated carbocycles. The first-order valence-corrected chi connectivity index (χ1v) is 13.3. The lowest BCUT2D eigenvalue weighted by molar-refractivity contribution is -0.134. The molecule has 2 aromatic rings. The van der Waals surface area contributed by atoms with Crippen molar-refractivity contribution >= 4 is 39.7 Å². The molecule has 34 heavy (non-hydrogen) atoms. The number of rotatable bonds is 7. The number of piperidine rings is 1. The molecular weight excluding hydrogens is 546 g/mol. The highest BCUT2D eigenvalue weighted by Crippen LogP contribution is 2.37. The molecule has 0 bridgehead atoms. The summed E-state index contributed by atoms with van der Waals surface area (Å²) in [6, 6.07) is 6.58. The largest absolute Gasteiger partial charge is 0.381 e. The molecule has 2 saturated heterocycles. The third-order valence-electron chi connectivity index (χ3n) is 6.93. The van der Waals surface area contributed by atoms with Crippen molar-refractivity contribution in [2.24, 2.45) is 0 Å². The number of pyridine rings is 1. The Hall–Kier alpha value is -1.65. The summed E-state index contributed by atoms with van der Waals surface area (Å²) >= 11 is 1.87. The zero-order chi connectivity index (χ0) is 24.5. The van der Waals surface area contributed by atoms with Crippen molar-refractivity contribution in [3.8, 4) is 0 Å². The number of alkyl halides is 2. The van der Waals surface area contributed by atoms with E-state index in [9.17, 15) is 9.18 Å². The highest BCUT2D eigenvalue weighted by molar-refractivity contribution is 14.1. The fraction of sp³-hybridized carbons (Fsp3) is 0.577. The van der Waals surface area contributed by atoms with Gasteiger partial charge in [-0.2, -0.15) is 0 Å². The van der Waals surface area contributed by atoms with Crippen LogP contribution in [0.25, 0.3) is 5.52 Å². The number of amides is 1. The summed E-state index contributed by atoms with van der Waals surface area (Å²) in [6.45, 7) is 14.1. The van der Waals surface area contributed by atoms with Crippen molar-refractivity contribution in [2.75, 3.05) is 44.6 Å². The molecular formula is C26H36FIN4O2. The van der Waals surface area contributed by atoms with Gasteiger partial charge in [0.05, 0.1) is 23.9 Å². The summed E-state index contributed by atoms with van der Waals surface area (Å²) in [6.07, 6.45) is 5.37. The predicted molar refractivity (Wildman–Crippen MR) is 144 cm³/mol. The molecule has 2 aliphatic heterocycles. The molecule has 1 N–H and O–H groups in total. The quantitative estimate of drug-likeness (QED) is 0.286. The zero-order valence-electron chi connectivity index (χ0n) is 20.4. The van der Waals surface area contributed by atoms with Crippen LogP contribution in [0.1, 0.15) is 50.8 Å². The summed E-state index contributed by atoms with van der Waals surface area (Å²) in [5, 5.41) is 3.73. The van der Waals surface area contributed by atoms with Crippen LogP contribution in [-0.4, -0.2) is 71.6 Å². The van der Waals surface area contributed by atoms with E-state index in [0.717, 1.165) is 43.7 Å². The number of carbonyl (C=O) groups excluding carboxylic acids is 1. The van der Waals surface area contributed by atoms with Gasteiger partial charge in [-0.3, -0.25) is 4.79 Å². The number of fused-ring (bicyclic) bond motifs is 1. The van der Waals surface area contributed by atoms with Gasteiger partial charge in [0, 0.05) is 56.2 Å². The first-order valence-electron chi connectivity index (χ1n) is 12.2. The third kappa shape index (κ3) is 5.76. The summed E-state index contributed by atoms with van der Waals surface area (Å²) in [7, 11) is 0. The first kappa shape index (κ1) is 25.4. The maximum Gasteiger partial charge on any atom is 0.246 e. The number of anilines is 1. The van der Waals surface area contributed by atoms with Crippen LogP contribution in [0.4, 0.5) is 10.1 Å². The molecule has 0 aliphatic carbocycles. The first-order chi connectivity index (χ1) is 16.2. The van der Waals surface area contributed by atoms with Crippen LogP contribution in [0.2, 0.25) is 0 Å². The van der Waals surface area contributed by atoms with Gasteiger partial charge >= 0.3 is 0 Å². The molecule has 0 aromatic carbocycles. The molecule has 6 nitrogen and oxygen atoms in total. The average Bonchev–Trinajstić information content (AvgIpc) is 3.24. The van der Waals surface area contributed by atoms with E-state index in [2.05, 4.69) is 47.2 Å². The Bertz CT molecular complexity index is 1020. The Kier molecular flexibility index (Phi) is 7.89. The minimum absolute atomic E-state index is 0.0216. The van der Waals surface area contributed by atoms with Crippen LogP contribution < -0.4 is 5.32 Å². The van der Waals surface area contributed by atoms with Crippen molar-refractivity contribution in [2.45, 2.75) is 55.4 Å². The summed E-state index contributed by atoms with van der Waals surface area (Å²) in [5.74, 6) is 0.334. The molecule has 2 fully saturated rings. The van der Waals surface area contributed by atoms with E-state index in [4.69, 9.17) is 4.74 Å². The molecule has 186 valence electrons. The standard InChI is InChI=1S/C26H36FIN4O2/c1-5-25(33)31-12-13-34-21(17-31)16-30-10-8-20(9-11-30)29-22-14-19(26(4,27)28)15-32-23(18(2)3)6-7-24(22)32/h5-7,14-15,18,20-21,29H,1,8-13,16-17H2,2-4H3/t21-,26?/m1/s1. The van der Waals surface area contributed by atoms with Crippen LogP contribution in [0.15, 0.2) is 37.1 Å². The number of ether oxygens (including phenoxy) is 1. The van der Waals surface area contributed by atoms with E-state index >= 15 is 0 Å². The maximum absolute atomic E-state index is 14.9. The van der Waals surface area contributed by atoms with Gasteiger partial charge in [0.1, 0.15) is 0 Å². The number of nitrogens with one attached hydrogen (secondary N) is 1. The van der Waals surface area contributed by atoms with Gasteiger partial charge in [-0.05, 0) is 72.5 Å². The summed E-state index contributed by atoms with van der Waals surface area (Å²) < 4.78 is 21.5. The number of morpholine rings is 1. The Morgan fingerprint density at radius 1 is 1.35 bits per heavy atom. The molecule has 0 spiro atoms. The van der Waals surface area contributed by atoms with Crippen molar-refractivity contribution < 1.29 is 13.9 Å². The Morgan fingerprint density at radius 2 is 2.09 bits per heavy atom. The number of nitrogens with zero attached hydrogens (tertiary/aromatic N) is 3. The lowest BCUT2D eigenvalue weighted by Gasteiger charge is -2.38. The lowest BCUT2D eigenvalue weighted by Crippen LogP contribution is -2.51. The smallest absolute Gasteiger partial charge is 0.246 e. The van der Waals surface area contributed by atoms with E-state index < -0.39 is 3.68 Å². The highest BCUT2D eigenvalue weighted by Gasteiger charge is 2.28. The normalized spacial score (nSPS) is 22.2. The van der Waals surface area contributed by atoms with Gasteiger partial charge in [0.2, 0.25) is 5.91 Å². The van der Waals surface area contributed by atoms with Gasteiger partial charge in [-0.25, -0.2) is 4.39 Å². The van der Waals surface area contributed by atoms with Gasteiger partial charge < -0.3 is 24.3 Å². The third-order valence-corrected chi connectivity index (χ3v) is 7.55. The molecule has 8 heteroatoms. The molecule has 4 rings (SSSR count). The molecule has 0 radical (unpaired) electrons. The van der Waals surface area contributed by atoms with Gasteiger partial charge in [0.15, 0.2) is 3.68 Å². The van der Waals surface area contributed by atoms with Crippen molar-refractivity contribution in [1.82, 2.24) is 14.2 Å². The van der Waals surface area contributed by atoms with Crippen molar-refractivity contribution in [3.63, 3.8) is 0 Å². The zero-order valence-corrected chi connectivity index (χ0v) is 22.6. The number of likely N-dealkylation sites (tertiary alicyclic amines) is 1. The van der Waals surface area contributed by atoms with E-state index in [0.29, 0.717) is 37.2 Å². The maximum atomic E-state index is 14.9. The molecule has 2 aliphatic rings. The minimum atomic E-state index is -1.44. The Morgan fingerprint density at radius 3 is 2.74 bits per heavy atom. The van der Waals surface area contributed by atoms with Crippen molar-refractivity contribution in [3.05, 3.63) is 48.3 Å². The number of aromatic nitrogens is 1. The van der Waals surface area contributed by atoms with E-state index in [1.54, 1.807) is 6.92 Å². The SMILES string of the molecule is C=CC(=O)N1CCO[C@H](CN2CCC(Nc3cc(C(C)(F)I)cn4c(C(C)C)ccc34)CC2)C1.